The third kappa shape index (κ3) is 6.05. The van der Waals surface area contributed by atoms with E-state index in [0.29, 0.717) is 11.4 Å². The van der Waals surface area contributed by atoms with E-state index in [9.17, 15) is 36.2 Å². The Morgan fingerprint density at radius 1 is 0.435 bits per heavy atom. The Labute approximate surface area is 262 Å². The Hall–Kier alpha value is -5.54. The maximum absolute atomic E-state index is 11.9. The number of hydrogen-bond donors (Lipinski definition) is 4. The van der Waals surface area contributed by atoms with Gasteiger partial charge in [-0.2, -0.15) is 27.1 Å². The molecular weight excluding hydrogens is 633 g/mol. The first-order valence-electron chi connectivity index (χ1n) is 13.4. The summed E-state index contributed by atoms with van der Waals surface area (Å²) in [5, 5.41) is 38.2. The number of aromatic hydroxyl groups is 2. The third-order valence-electron chi connectivity index (χ3n) is 7.09. The zero-order valence-corrected chi connectivity index (χ0v) is 25.1. The van der Waals surface area contributed by atoms with Crippen molar-refractivity contribution < 1.29 is 36.2 Å². The molecular formula is C32H22N4O8S2. The quantitative estimate of drug-likeness (QED) is 0.0971. The first-order valence-corrected chi connectivity index (χ1v) is 16.3. The van der Waals surface area contributed by atoms with E-state index in [4.69, 9.17) is 0 Å². The molecule has 0 aliphatic rings. The topological polar surface area (TPSA) is 199 Å². The van der Waals surface area contributed by atoms with E-state index >= 15 is 0 Å². The van der Waals surface area contributed by atoms with Crippen molar-refractivity contribution in [3.8, 4) is 22.6 Å². The van der Waals surface area contributed by atoms with Crippen molar-refractivity contribution in [3.63, 3.8) is 0 Å². The molecule has 0 radical (unpaired) electrons. The summed E-state index contributed by atoms with van der Waals surface area (Å²) in [4.78, 5) is -0.796. The Bertz CT molecular complexity index is 2260. The molecule has 0 fully saturated rings. The molecule has 4 N–H and O–H groups in total. The van der Waals surface area contributed by atoms with E-state index in [1.165, 1.54) is 24.3 Å². The van der Waals surface area contributed by atoms with Gasteiger partial charge in [-0.05, 0) is 47.5 Å². The van der Waals surface area contributed by atoms with Crippen LogP contribution in [0.2, 0.25) is 0 Å². The number of rotatable bonds is 7. The number of azo groups is 2. The highest BCUT2D eigenvalue weighted by molar-refractivity contribution is 7.86. The third-order valence-corrected chi connectivity index (χ3v) is 8.87. The highest BCUT2D eigenvalue weighted by Gasteiger charge is 2.20. The van der Waals surface area contributed by atoms with Gasteiger partial charge >= 0.3 is 0 Å². The van der Waals surface area contributed by atoms with Gasteiger partial charge < -0.3 is 10.2 Å². The maximum Gasteiger partial charge on any atom is 0.295 e. The van der Waals surface area contributed by atoms with Crippen molar-refractivity contribution >= 4 is 64.5 Å². The van der Waals surface area contributed by atoms with Crippen LogP contribution in [0.15, 0.2) is 139 Å². The van der Waals surface area contributed by atoms with Crippen LogP contribution in [0.25, 0.3) is 32.7 Å². The Kier molecular flexibility index (Phi) is 7.79. The second-order valence-electron chi connectivity index (χ2n) is 10.0. The number of phenols is 2. The highest BCUT2D eigenvalue weighted by Crippen LogP contribution is 2.41. The fraction of sp³-hybridized carbons (Fsp3) is 0. The molecule has 0 bridgehead atoms. The number of nitrogens with zero attached hydrogens (tertiary/aromatic N) is 4. The van der Waals surface area contributed by atoms with Crippen molar-refractivity contribution in [1.82, 2.24) is 0 Å². The van der Waals surface area contributed by atoms with Gasteiger partial charge in [0.05, 0.1) is 11.4 Å². The molecule has 0 aliphatic heterocycles. The van der Waals surface area contributed by atoms with Crippen LogP contribution in [-0.4, -0.2) is 36.2 Å². The Balaban J connectivity index is 1.22. The van der Waals surface area contributed by atoms with Gasteiger partial charge in [-0.25, -0.2) is 0 Å². The molecule has 0 aliphatic carbocycles. The predicted octanol–water partition coefficient (Wildman–Crippen LogP) is 8.40. The van der Waals surface area contributed by atoms with E-state index in [1.807, 2.05) is 0 Å². The average Bonchev–Trinajstić information content (AvgIpc) is 3.04. The minimum Gasteiger partial charge on any atom is -0.505 e. The maximum atomic E-state index is 11.9. The van der Waals surface area contributed by atoms with Gasteiger partial charge in [0.2, 0.25) is 0 Å². The minimum atomic E-state index is -4.59. The molecule has 0 saturated heterocycles. The smallest absolute Gasteiger partial charge is 0.295 e. The highest BCUT2D eigenvalue weighted by atomic mass is 32.2. The summed E-state index contributed by atoms with van der Waals surface area (Å²) in [6, 6.07) is 28.2. The van der Waals surface area contributed by atoms with Crippen molar-refractivity contribution in [2.75, 3.05) is 0 Å². The molecule has 46 heavy (non-hydrogen) atoms. The fourth-order valence-electron chi connectivity index (χ4n) is 4.87. The van der Waals surface area contributed by atoms with E-state index in [0.717, 1.165) is 23.3 Å². The number of hydrogen-bond acceptors (Lipinski definition) is 10. The van der Waals surface area contributed by atoms with Crippen molar-refractivity contribution in [3.05, 3.63) is 109 Å². The SMILES string of the molecule is O=S(=O)(O)c1cc(/N=N/c2ccc(-c3ccc(/N=N/c4cc(S(=O)(=O)O)c5ccccc5c4O)cc3)cc2)c(O)c2ccccc12. The molecule has 12 nitrogen and oxygen atoms in total. The van der Waals surface area contributed by atoms with Crippen LogP contribution in [0.5, 0.6) is 11.5 Å². The minimum absolute atomic E-state index is 0.133. The molecule has 6 aromatic carbocycles. The molecule has 230 valence electrons. The summed E-state index contributed by atoms with van der Waals surface area (Å²) in [6.07, 6.45) is 0. The number of fused-ring (bicyclic) bond motifs is 2. The zero-order chi connectivity index (χ0) is 32.6. The summed E-state index contributed by atoms with van der Waals surface area (Å²) in [5.41, 5.74) is 2.19. The summed E-state index contributed by atoms with van der Waals surface area (Å²) < 4.78 is 67.1. The Morgan fingerprint density at radius 2 is 0.761 bits per heavy atom. The summed E-state index contributed by atoms with van der Waals surface area (Å²) in [6.45, 7) is 0. The van der Waals surface area contributed by atoms with Gasteiger partial charge in [0.15, 0.2) is 11.5 Å². The molecule has 0 heterocycles. The normalized spacial score (nSPS) is 12.5. The molecule has 0 spiro atoms. The van der Waals surface area contributed by atoms with Crippen LogP contribution in [-0.2, 0) is 20.2 Å². The molecule has 14 heteroatoms. The summed E-state index contributed by atoms with van der Waals surface area (Å²) in [7, 11) is -9.19. The van der Waals surface area contributed by atoms with Crippen LogP contribution < -0.4 is 0 Å². The number of phenolic OH excluding ortho intramolecular Hbond substituents is 2. The Morgan fingerprint density at radius 3 is 1.09 bits per heavy atom. The van der Waals surface area contributed by atoms with Crippen molar-refractivity contribution in [2.45, 2.75) is 9.79 Å². The van der Waals surface area contributed by atoms with Crippen molar-refractivity contribution in [2.24, 2.45) is 20.5 Å². The molecule has 0 amide bonds. The second-order valence-corrected chi connectivity index (χ2v) is 12.8. The summed E-state index contributed by atoms with van der Waals surface area (Å²) in [5.74, 6) is -0.564. The average molecular weight is 655 g/mol. The first-order chi connectivity index (χ1) is 21.9. The van der Waals surface area contributed by atoms with E-state index < -0.39 is 30.0 Å². The first kappa shape index (κ1) is 30.5. The van der Waals surface area contributed by atoms with Crippen LogP contribution in [0.1, 0.15) is 0 Å². The van der Waals surface area contributed by atoms with E-state index in [1.54, 1.807) is 72.8 Å². The lowest BCUT2D eigenvalue weighted by molar-refractivity contribution is 0.477. The molecule has 0 atom stereocenters. The van der Waals surface area contributed by atoms with E-state index in [-0.39, 0.29) is 44.4 Å². The van der Waals surface area contributed by atoms with Crippen LogP contribution in [0.3, 0.4) is 0 Å². The fourth-order valence-corrected chi connectivity index (χ4v) is 6.30. The standard InChI is InChI=1S/C32H22N4O8S2/c37-31-25-7-3-1-5-23(25)29(45(39,40)41)17-27(31)35-33-21-13-9-19(10-14-21)20-11-15-22(16-12-20)34-36-28-18-30(46(42,43)44)24-6-2-4-8-26(24)32(28)38/h1-18,37-38H,(H,39,40,41)(H,42,43,44)/b35-33+,36-34+. The van der Waals surface area contributed by atoms with Gasteiger partial charge in [0.1, 0.15) is 21.2 Å². The van der Waals surface area contributed by atoms with Gasteiger partial charge in [0.25, 0.3) is 20.2 Å². The largest absolute Gasteiger partial charge is 0.505 e. The second kappa shape index (κ2) is 11.8. The van der Waals surface area contributed by atoms with Gasteiger partial charge in [-0.1, -0.05) is 72.8 Å². The molecule has 0 unspecified atom stereocenters. The predicted molar refractivity (Wildman–Crippen MR) is 171 cm³/mol. The molecule has 0 aromatic heterocycles. The molecule has 6 rings (SSSR count). The number of benzene rings is 6. The monoisotopic (exact) mass is 654 g/mol. The lowest BCUT2D eigenvalue weighted by Gasteiger charge is -2.08. The molecule has 0 saturated carbocycles. The van der Waals surface area contributed by atoms with Gasteiger partial charge in [0, 0.05) is 21.5 Å². The van der Waals surface area contributed by atoms with Crippen LogP contribution in [0, 0.1) is 0 Å². The van der Waals surface area contributed by atoms with Crippen LogP contribution >= 0.6 is 0 Å². The van der Waals surface area contributed by atoms with Gasteiger partial charge in [-0.3, -0.25) is 9.11 Å². The van der Waals surface area contributed by atoms with Gasteiger partial charge in [-0.15, -0.1) is 10.2 Å². The molecule has 6 aromatic rings. The van der Waals surface area contributed by atoms with Crippen LogP contribution in [0.4, 0.5) is 22.7 Å². The zero-order valence-electron chi connectivity index (χ0n) is 23.4. The summed E-state index contributed by atoms with van der Waals surface area (Å²) >= 11 is 0. The van der Waals surface area contributed by atoms with E-state index in [2.05, 4.69) is 20.5 Å². The van der Waals surface area contributed by atoms with Crippen molar-refractivity contribution in [1.29, 1.82) is 0 Å². The lowest BCUT2D eigenvalue weighted by Crippen LogP contribution is -1.99. The lowest BCUT2D eigenvalue weighted by atomic mass is 10.1.